The first-order valence-corrected chi connectivity index (χ1v) is 8.98. The van der Waals surface area contributed by atoms with Gasteiger partial charge < -0.3 is 10.1 Å². The molecule has 0 radical (unpaired) electrons. The summed E-state index contributed by atoms with van der Waals surface area (Å²) in [5.74, 6) is -0.649. The molecule has 0 heterocycles. The molecule has 134 valence electrons. The molecule has 0 aliphatic rings. The van der Waals surface area contributed by atoms with Gasteiger partial charge >= 0.3 is 0 Å². The third kappa shape index (κ3) is 4.69. The number of hydrogen-bond acceptors (Lipinski definition) is 4. The van der Waals surface area contributed by atoms with Crippen molar-refractivity contribution in [3.05, 3.63) is 53.8 Å². The Morgan fingerprint density at radius 3 is 2.32 bits per heavy atom. The van der Waals surface area contributed by atoms with Crippen LogP contribution in [0.2, 0.25) is 0 Å². The topological polar surface area (TPSA) is 84.5 Å². The number of benzene rings is 2. The summed E-state index contributed by atoms with van der Waals surface area (Å²) in [4.78, 5) is 12.2. The van der Waals surface area contributed by atoms with Crippen molar-refractivity contribution in [2.75, 3.05) is 11.8 Å². The lowest BCUT2D eigenvalue weighted by Gasteiger charge is -2.14. The van der Waals surface area contributed by atoms with Crippen LogP contribution in [-0.4, -0.2) is 27.5 Å². The lowest BCUT2D eigenvalue weighted by Crippen LogP contribution is -2.30. The molecule has 0 unspecified atom stereocenters. The van der Waals surface area contributed by atoms with Gasteiger partial charge in [-0.15, -0.1) is 0 Å². The third-order valence-electron chi connectivity index (χ3n) is 3.24. The molecule has 0 aliphatic heterocycles. The van der Waals surface area contributed by atoms with Crippen molar-refractivity contribution >= 4 is 21.6 Å². The fourth-order valence-corrected chi connectivity index (χ4v) is 3.19. The first-order chi connectivity index (χ1) is 11.7. The number of carbonyl (C=O) groups excluding carboxylic acids is 1. The van der Waals surface area contributed by atoms with E-state index in [9.17, 15) is 17.6 Å². The van der Waals surface area contributed by atoms with E-state index >= 15 is 0 Å². The van der Waals surface area contributed by atoms with Gasteiger partial charge in [-0.3, -0.25) is 9.52 Å². The lowest BCUT2D eigenvalue weighted by atomic mass is 10.2. The van der Waals surface area contributed by atoms with Crippen LogP contribution in [-0.2, 0) is 10.0 Å². The maximum Gasteiger partial charge on any atom is 0.261 e. The SMILES string of the molecule is COc1ccc(S(=O)(=O)Nc2ccc(F)cc2)cc1C(=O)NC(C)C. The highest BCUT2D eigenvalue weighted by Crippen LogP contribution is 2.24. The zero-order chi connectivity index (χ0) is 18.6. The van der Waals surface area contributed by atoms with Crippen molar-refractivity contribution in [1.29, 1.82) is 0 Å². The molecule has 2 aromatic rings. The van der Waals surface area contributed by atoms with Gasteiger partial charge in [0.2, 0.25) is 0 Å². The smallest absolute Gasteiger partial charge is 0.261 e. The monoisotopic (exact) mass is 366 g/mol. The maximum atomic E-state index is 12.9. The van der Waals surface area contributed by atoms with Crippen LogP contribution in [0.3, 0.4) is 0 Å². The molecular weight excluding hydrogens is 347 g/mol. The summed E-state index contributed by atoms with van der Waals surface area (Å²) in [6, 6.07) is 8.77. The summed E-state index contributed by atoms with van der Waals surface area (Å²) in [6.07, 6.45) is 0. The average molecular weight is 366 g/mol. The van der Waals surface area contributed by atoms with E-state index in [1.807, 2.05) is 0 Å². The molecule has 0 saturated carbocycles. The van der Waals surface area contributed by atoms with Crippen LogP contribution in [0.4, 0.5) is 10.1 Å². The van der Waals surface area contributed by atoms with Gasteiger partial charge in [-0.25, -0.2) is 12.8 Å². The Balaban J connectivity index is 2.37. The van der Waals surface area contributed by atoms with Crippen molar-refractivity contribution in [2.45, 2.75) is 24.8 Å². The number of amides is 1. The molecule has 1 amide bonds. The van der Waals surface area contributed by atoms with Gasteiger partial charge in [-0.05, 0) is 56.3 Å². The van der Waals surface area contributed by atoms with E-state index in [0.717, 1.165) is 12.1 Å². The molecule has 0 spiro atoms. The molecule has 0 atom stereocenters. The third-order valence-corrected chi connectivity index (χ3v) is 4.62. The van der Waals surface area contributed by atoms with Crippen molar-refractivity contribution in [3.8, 4) is 5.75 Å². The molecule has 0 bridgehead atoms. The second kappa shape index (κ2) is 7.52. The second-order valence-corrected chi connectivity index (χ2v) is 7.29. The van der Waals surface area contributed by atoms with E-state index in [2.05, 4.69) is 10.0 Å². The van der Waals surface area contributed by atoms with Crippen LogP contribution >= 0.6 is 0 Å². The summed E-state index contributed by atoms with van der Waals surface area (Å²) < 4.78 is 45.4. The Morgan fingerprint density at radius 2 is 1.76 bits per heavy atom. The van der Waals surface area contributed by atoms with E-state index in [4.69, 9.17) is 4.74 Å². The standard InChI is InChI=1S/C17H19FN2O4S/c1-11(2)19-17(21)15-10-14(8-9-16(15)24-3)25(22,23)20-13-6-4-12(18)5-7-13/h4-11,20H,1-3H3,(H,19,21). The molecule has 0 fully saturated rings. The number of methoxy groups -OCH3 is 1. The molecule has 2 aromatic carbocycles. The predicted molar refractivity (Wildman–Crippen MR) is 92.8 cm³/mol. The van der Waals surface area contributed by atoms with E-state index in [1.165, 1.54) is 37.4 Å². The van der Waals surface area contributed by atoms with Crippen molar-refractivity contribution in [2.24, 2.45) is 0 Å². The molecule has 8 heteroatoms. The highest BCUT2D eigenvalue weighted by Gasteiger charge is 2.20. The molecule has 25 heavy (non-hydrogen) atoms. The highest BCUT2D eigenvalue weighted by molar-refractivity contribution is 7.92. The Labute approximate surface area is 146 Å². The molecule has 2 N–H and O–H groups in total. The molecule has 0 aromatic heterocycles. The minimum absolute atomic E-state index is 0.105. The van der Waals surface area contributed by atoms with Gasteiger partial charge in [-0.2, -0.15) is 0 Å². The zero-order valence-corrected chi connectivity index (χ0v) is 14.9. The number of nitrogens with one attached hydrogen (secondary N) is 2. The molecular formula is C17H19FN2O4S. The highest BCUT2D eigenvalue weighted by atomic mass is 32.2. The minimum atomic E-state index is -3.94. The van der Waals surface area contributed by atoms with Gasteiger partial charge in [0.15, 0.2) is 0 Å². The van der Waals surface area contributed by atoms with Crippen LogP contribution in [0.25, 0.3) is 0 Å². The number of halogens is 1. The first kappa shape index (κ1) is 18.7. The van der Waals surface area contributed by atoms with Crippen LogP contribution in [0.15, 0.2) is 47.4 Å². The zero-order valence-electron chi connectivity index (χ0n) is 14.0. The number of sulfonamides is 1. The first-order valence-electron chi connectivity index (χ1n) is 7.50. The molecule has 2 rings (SSSR count). The molecule has 6 nitrogen and oxygen atoms in total. The Kier molecular flexibility index (Phi) is 5.63. The second-order valence-electron chi connectivity index (χ2n) is 5.60. The van der Waals surface area contributed by atoms with Crippen molar-refractivity contribution in [3.63, 3.8) is 0 Å². The summed E-state index contributed by atoms with van der Waals surface area (Å²) in [5, 5.41) is 2.69. The summed E-state index contributed by atoms with van der Waals surface area (Å²) in [6.45, 7) is 3.59. The van der Waals surface area contributed by atoms with Gasteiger partial charge in [0.05, 0.1) is 17.6 Å². The van der Waals surface area contributed by atoms with Crippen LogP contribution < -0.4 is 14.8 Å². The van der Waals surface area contributed by atoms with Gasteiger partial charge in [0.1, 0.15) is 11.6 Å². The van der Waals surface area contributed by atoms with Crippen molar-refractivity contribution < 1.29 is 22.3 Å². The van der Waals surface area contributed by atoms with E-state index in [-0.39, 0.29) is 27.9 Å². The summed E-state index contributed by atoms with van der Waals surface area (Å²) >= 11 is 0. The fourth-order valence-electron chi connectivity index (χ4n) is 2.10. The lowest BCUT2D eigenvalue weighted by molar-refractivity contribution is 0.0940. The number of hydrogen-bond donors (Lipinski definition) is 2. The Bertz CT molecular complexity index is 865. The van der Waals surface area contributed by atoms with E-state index < -0.39 is 21.7 Å². The number of rotatable bonds is 6. The predicted octanol–water partition coefficient (Wildman–Crippen LogP) is 2.77. The number of carbonyl (C=O) groups is 1. The molecule has 0 saturated heterocycles. The van der Waals surface area contributed by atoms with Crippen LogP contribution in [0.1, 0.15) is 24.2 Å². The Hall–Kier alpha value is -2.61. The van der Waals surface area contributed by atoms with Gasteiger partial charge in [-0.1, -0.05) is 0 Å². The largest absolute Gasteiger partial charge is 0.496 e. The van der Waals surface area contributed by atoms with Crippen molar-refractivity contribution in [1.82, 2.24) is 5.32 Å². The van der Waals surface area contributed by atoms with Gasteiger partial charge in [0, 0.05) is 11.7 Å². The normalized spacial score (nSPS) is 11.2. The van der Waals surface area contributed by atoms with E-state index in [0.29, 0.717) is 0 Å². The maximum absolute atomic E-state index is 12.9. The quantitative estimate of drug-likeness (QED) is 0.823. The Morgan fingerprint density at radius 1 is 1.12 bits per heavy atom. The fraction of sp³-hybridized carbons (Fsp3) is 0.235. The summed E-state index contributed by atoms with van der Waals surface area (Å²) in [7, 11) is -2.55. The van der Waals surface area contributed by atoms with Crippen LogP contribution in [0, 0.1) is 5.82 Å². The number of ether oxygens (including phenoxy) is 1. The van der Waals surface area contributed by atoms with E-state index in [1.54, 1.807) is 13.8 Å². The van der Waals surface area contributed by atoms with Crippen LogP contribution in [0.5, 0.6) is 5.75 Å². The minimum Gasteiger partial charge on any atom is -0.496 e. The van der Waals surface area contributed by atoms with Gasteiger partial charge in [0.25, 0.3) is 15.9 Å². The average Bonchev–Trinajstić information content (AvgIpc) is 2.55. The number of anilines is 1. The summed E-state index contributed by atoms with van der Waals surface area (Å²) in [5.41, 5.74) is 0.323. The molecule has 0 aliphatic carbocycles.